The molecule has 12 heavy (non-hydrogen) atoms. The number of hydrogen-bond acceptors (Lipinski definition) is 3. The van der Waals surface area contributed by atoms with Gasteiger partial charge in [-0.3, -0.25) is 0 Å². The van der Waals surface area contributed by atoms with Crippen LogP contribution in [0.4, 0.5) is 0 Å². The van der Waals surface area contributed by atoms with Crippen molar-refractivity contribution in [3.8, 4) is 0 Å². The number of nitrogens with zero attached hydrogens (tertiary/aromatic N) is 1. The maximum atomic E-state index is 5.26. The minimum absolute atomic E-state index is 0.911. The standard InChI is InChI=1S/C9H5NOS/c1-2-11-8-4-7-9(3-6(1)8)12-5-10-7/h1-5H. The quantitative estimate of drug-likeness (QED) is 0.525. The molecule has 3 heteroatoms. The molecule has 2 aromatic heterocycles. The molecule has 0 unspecified atom stereocenters. The molecule has 0 aliphatic rings. The van der Waals surface area contributed by atoms with Crippen LogP contribution in [0.1, 0.15) is 0 Å². The highest BCUT2D eigenvalue weighted by Gasteiger charge is 2.01. The Bertz CT molecular complexity index is 446. The molecule has 1 aromatic carbocycles. The van der Waals surface area contributed by atoms with Crippen molar-refractivity contribution in [2.45, 2.75) is 0 Å². The summed E-state index contributed by atoms with van der Waals surface area (Å²) in [6.07, 6.45) is 1.70. The highest BCUT2D eigenvalue weighted by molar-refractivity contribution is 7.16. The minimum Gasteiger partial charge on any atom is -0.464 e. The van der Waals surface area contributed by atoms with Crippen molar-refractivity contribution in [2.24, 2.45) is 0 Å². The third-order valence-corrected chi connectivity index (χ3v) is 2.70. The van der Waals surface area contributed by atoms with E-state index < -0.39 is 0 Å². The van der Waals surface area contributed by atoms with Crippen LogP contribution in [-0.2, 0) is 0 Å². The summed E-state index contributed by atoms with van der Waals surface area (Å²) in [6, 6.07) is 6.04. The van der Waals surface area contributed by atoms with Gasteiger partial charge in [0.2, 0.25) is 0 Å². The Morgan fingerprint density at radius 1 is 1.33 bits per heavy atom. The number of rotatable bonds is 0. The molecule has 0 aliphatic carbocycles. The molecular weight excluding hydrogens is 170 g/mol. The van der Waals surface area contributed by atoms with Gasteiger partial charge in [-0.2, -0.15) is 0 Å². The van der Waals surface area contributed by atoms with Crippen LogP contribution in [0.3, 0.4) is 0 Å². The van der Waals surface area contributed by atoms with Crippen molar-refractivity contribution < 1.29 is 4.42 Å². The fraction of sp³-hybridized carbons (Fsp3) is 0. The first kappa shape index (κ1) is 6.20. The van der Waals surface area contributed by atoms with Crippen LogP contribution in [0.5, 0.6) is 0 Å². The normalized spacial score (nSPS) is 11.3. The molecule has 0 atom stereocenters. The fourth-order valence-corrected chi connectivity index (χ4v) is 2.02. The fourth-order valence-electron chi connectivity index (χ4n) is 1.31. The number of hydrogen-bond donors (Lipinski definition) is 0. The SMILES string of the molecule is c1cc2cc3scnc3cc2o1. The molecular formula is C9H5NOS. The van der Waals surface area contributed by atoms with Crippen LogP contribution < -0.4 is 0 Å². The van der Waals surface area contributed by atoms with Gasteiger partial charge in [0.1, 0.15) is 5.58 Å². The van der Waals surface area contributed by atoms with Crippen molar-refractivity contribution in [2.75, 3.05) is 0 Å². The third-order valence-electron chi connectivity index (χ3n) is 1.91. The lowest BCUT2D eigenvalue weighted by Crippen LogP contribution is -1.66. The average Bonchev–Trinajstić information content (AvgIpc) is 2.64. The molecule has 0 bridgehead atoms. The van der Waals surface area contributed by atoms with Crippen LogP contribution in [-0.4, -0.2) is 4.98 Å². The first-order chi connectivity index (χ1) is 5.93. The molecule has 3 rings (SSSR count). The van der Waals surface area contributed by atoms with Gasteiger partial charge in [0, 0.05) is 11.5 Å². The van der Waals surface area contributed by atoms with Gasteiger partial charge >= 0.3 is 0 Å². The zero-order valence-corrected chi connectivity index (χ0v) is 6.97. The summed E-state index contributed by atoms with van der Waals surface area (Å²) in [5.41, 5.74) is 3.78. The zero-order chi connectivity index (χ0) is 7.97. The van der Waals surface area contributed by atoms with Gasteiger partial charge < -0.3 is 4.42 Å². The summed E-state index contributed by atoms with van der Waals surface area (Å²) in [5.74, 6) is 0. The second-order valence-electron chi connectivity index (χ2n) is 2.63. The lowest BCUT2D eigenvalue weighted by molar-refractivity contribution is 0.616. The molecule has 0 radical (unpaired) electrons. The van der Waals surface area contributed by atoms with E-state index in [2.05, 4.69) is 11.1 Å². The Morgan fingerprint density at radius 3 is 3.33 bits per heavy atom. The summed E-state index contributed by atoms with van der Waals surface area (Å²) >= 11 is 1.65. The van der Waals surface area contributed by atoms with E-state index in [1.54, 1.807) is 17.6 Å². The molecule has 0 fully saturated rings. The lowest BCUT2D eigenvalue weighted by atomic mass is 10.2. The van der Waals surface area contributed by atoms with Gasteiger partial charge in [0.05, 0.1) is 22.0 Å². The zero-order valence-electron chi connectivity index (χ0n) is 6.15. The van der Waals surface area contributed by atoms with E-state index in [-0.39, 0.29) is 0 Å². The van der Waals surface area contributed by atoms with Crippen LogP contribution >= 0.6 is 11.3 Å². The second kappa shape index (κ2) is 2.08. The van der Waals surface area contributed by atoms with Crippen LogP contribution in [0.15, 0.2) is 34.4 Å². The Hall–Kier alpha value is -1.35. The minimum atomic E-state index is 0.911. The van der Waals surface area contributed by atoms with E-state index >= 15 is 0 Å². The van der Waals surface area contributed by atoms with Crippen molar-refractivity contribution in [1.29, 1.82) is 0 Å². The molecule has 2 nitrogen and oxygen atoms in total. The predicted octanol–water partition coefficient (Wildman–Crippen LogP) is 3.04. The number of fused-ring (bicyclic) bond motifs is 2. The Morgan fingerprint density at radius 2 is 2.33 bits per heavy atom. The molecule has 0 saturated heterocycles. The summed E-state index contributed by atoms with van der Waals surface area (Å²) < 4.78 is 6.47. The number of benzene rings is 1. The van der Waals surface area contributed by atoms with Crippen LogP contribution in [0.2, 0.25) is 0 Å². The molecule has 0 amide bonds. The number of aromatic nitrogens is 1. The van der Waals surface area contributed by atoms with Crippen LogP contribution in [0.25, 0.3) is 21.2 Å². The summed E-state index contributed by atoms with van der Waals surface area (Å²) in [7, 11) is 0. The van der Waals surface area contributed by atoms with Gasteiger partial charge in [-0.1, -0.05) is 0 Å². The van der Waals surface area contributed by atoms with Crippen molar-refractivity contribution in [3.05, 3.63) is 30.0 Å². The molecule has 0 spiro atoms. The summed E-state index contributed by atoms with van der Waals surface area (Å²) in [5, 5.41) is 1.15. The molecule has 3 aromatic rings. The van der Waals surface area contributed by atoms with E-state index in [4.69, 9.17) is 4.42 Å². The van der Waals surface area contributed by atoms with Gasteiger partial charge in [0.25, 0.3) is 0 Å². The topological polar surface area (TPSA) is 26.0 Å². The predicted molar refractivity (Wildman–Crippen MR) is 49.4 cm³/mol. The van der Waals surface area contributed by atoms with E-state index in [9.17, 15) is 0 Å². The second-order valence-corrected chi connectivity index (χ2v) is 3.52. The van der Waals surface area contributed by atoms with Gasteiger partial charge in [0.15, 0.2) is 0 Å². The summed E-state index contributed by atoms with van der Waals surface area (Å²) in [6.45, 7) is 0. The molecule has 0 saturated carbocycles. The van der Waals surface area contributed by atoms with E-state index in [0.717, 1.165) is 16.5 Å². The highest BCUT2D eigenvalue weighted by atomic mass is 32.1. The Labute approximate surface area is 72.4 Å². The van der Waals surface area contributed by atoms with Crippen LogP contribution in [0, 0.1) is 0 Å². The van der Waals surface area contributed by atoms with Crippen molar-refractivity contribution >= 4 is 32.5 Å². The van der Waals surface area contributed by atoms with Crippen molar-refractivity contribution in [3.63, 3.8) is 0 Å². The van der Waals surface area contributed by atoms with Gasteiger partial charge in [-0.15, -0.1) is 11.3 Å². The molecule has 0 aliphatic heterocycles. The Kier molecular flexibility index (Phi) is 1.07. The van der Waals surface area contributed by atoms with Gasteiger partial charge in [-0.25, -0.2) is 4.98 Å². The van der Waals surface area contributed by atoms with Crippen molar-refractivity contribution in [1.82, 2.24) is 4.98 Å². The smallest absolute Gasteiger partial charge is 0.136 e. The highest BCUT2D eigenvalue weighted by Crippen LogP contribution is 2.25. The largest absolute Gasteiger partial charge is 0.464 e. The summed E-state index contributed by atoms with van der Waals surface area (Å²) in [4.78, 5) is 4.21. The average molecular weight is 175 g/mol. The molecule has 58 valence electrons. The van der Waals surface area contributed by atoms with E-state index in [1.807, 2.05) is 17.6 Å². The van der Waals surface area contributed by atoms with E-state index in [0.29, 0.717) is 0 Å². The number of thiazole rings is 1. The molecule has 0 N–H and O–H groups in total. The van der Waals surface area contributed by atoms with E-state index in [1.165, 1.54) is 4.70 Å². The maximum Gasteiger partial charge on any atom is 0.136 e. The third kappa shape index (κ3) is 0.713. The lowest BCUT2D eigenvalue weighted by Gasteiger charge is -1.87. The molecule has 2 heterocycles. The first-order valence-corrected chi connectivity index (χ1v) is 4.52. The monoisotopic (exact) mass is 175 g/mol. The Balaban J connectivity index is 2.62. The first-order valence-electron chi connectivity index (χ1n) is 3.64. The maximum absolute atomic E-state index is 5.26. The number of furan rings is 1. The van der Waals surface area contributed by atoms with Gasteiger partial charge in [-0.05, 0) is 12.1 Å².